The van der Waals surface area contributed by atoms with Crippen molar-refractivity contribution in [1.29, 1.82) is 0 Å². The molecule has 0 unspecified atom stereocenters. The Morgan fingerprint density at radius 2 is 1.76 bits per heavy atom. The van der Waals surface area contributed by atoms with Crippen LogP contribution in [0.25, 0.3) is 0 Å². The second kappa shape index (κ2) is 5.55. The fraction of sp³-hybridized carbons (Fsp3) is 0.133. The molecule has 0 aromatic heterocycles. The summed E-state index contributed by atoms with van der Waals surface area (Å²) in [4.78, 5) is 12.0. The maximum atomic E-state index is 13.7. The Balaban J connectivity index is 2.40. The molecule has 0 spiro atoms. The number of rotatable bonds is 2. The second-order valence-corrected chi connectivity index (χ2v) is 4.48. The molecule has 0 atom stereocenters. The van der Waals surface area contributed by atoms with E-state index in [1.807, 2.05) is 0 Å². The van der Waals surface area contributed by atoms with E-state index in [0.717, 1.165) is 17.7 Å². The summed E-state index contributed by atoms with van der Waals surface area (Å²) in [6.07, 6.45) is -4.80. The van der Waals surface area contributed by atoms with Crippen molar-refractivity contribution in [2.45, 2.75) is 13.1 Å². The Labute approximate surface area is 118 Å². The van der Waals surface area contributed by atoms with Gasteiger partial charge in [-0.05, 0) is 36.8 Å². The van der Waals surface area contributed by atoms with Gasteiger partial charge >= 0.3 is 6.18 Å². The van der Waals surface area contributed by atoms with Gasteiger partial charge in [-0.1, -0.05) is 18.2 Å². The van der Waals surface area contributed by atoms with E-state index in [-0.39, 0.29) is 0 Å². The minimum atomic E-state index is -4.80. The number of halogens is 4. The molecule has 110 valence electrons. The lowest BCUT2D eigenvalue weighted by Gasteiger charge is -2.13. The first kappa shape index (κ1) is 15.0. The zero-order valence-electron chi connectivity index (χ0n) is 11.0. The molecule has 0 aliphatic heterocycles. The molecule has 0 fully saturated rings. The van der Waals surface area contributed by atoms with Crippen molar-refractivity contribution in [2.75, 3.05) is 5.32 Å². The number of amides is 1. The molecular weight excluding hydrogens is 286 g/mol. The van der Waals surface area contributed by atoms with Crippen molar-refractivity contribution < 1.29 is 22.4 Å². The highest BCUT2D eigenvalue weighted by Crippen LogP contribution is 2.33. The zero-order valence-corrected chi connectivity index (χ0v) is 11.0. The van der Waals surface area contributed by atoms with Gasteiger partial charge in [0.15, 0.2) is 0 Å². The largest absolute Gasteiger partial charge is 0.417 e. The fourth-order valence-corrected chi connectivity index (χ4v) is 1.91. The van der Waals surface area contributed by atoms with E-state index < -0.39 is 29.0 Å². The fourth-order valence-electron chi connectivity index (χ4n) is 1.91. The molecule has 0 saturated carbocycles. The lowest BCUT2D eigenvalue weighted by atomic mass is 10.1. The molecule has 0 heterocycles. The lowest BCUT2D eigenvalue weighted by Crippen LogP contribution is -2.20. The van der Waals surface area contributed by atoms with Crippen LogP contribution in [-0.2, 0) is 6.18 Å². The minimum absolute atomic E-state index is 0.302. The van der Waals surface area contributed by atoms with E-state index in [2.05, 4.69) is 5.32 Å². The third kappa shape index (κ3) is 3.39. The number of benzene rings is 2. The number of anilines is 1. The van der Waals surface area contributed by atoms with E-state index in [1.165, 1.54) is 6.07 Å². The number of carbonyl (C=O) groups is 1. The lowest BCUT2D eigenvalue weighted by molar-refractivity contribution is -0.138. The van der Waals surface area contributed by atoms with Crippen LogP contribution in [0.5, 0.6) is 0 Å². The van der Waals surface area contributed by atoms with Crippen molar-refractivity contribution >= 4 is 11.6 Å². The van der Waals surface area contributed by atoms with Crippen LogP contribution in [0.3, 0.4) is 0 Å². The van der Waals surface area contributed by atoms with Gasteiger partial charge in [-0.25, -0.2) is 4.39 Å². The summed E-state index contributed by atoms with van der Waals surface area (Å²) in [6, 6.07) is 8.90. The molecule has 2 aromatic rings. The highest BCUT2D eigenvalue weighted by atomic mass is 19.4. The summed E-state index contributed by atoms with van der Waals surface area (Å²) in [6.45, 7) is 1.76. The van der Waals surface area contributed by atoms with Crippen molar-refractivity contribution in [3.05, 3.63) is 65.0 Å². The summed E-state index contributed by atoms with van der Waals surface area (Å²) in [5.41, 5.74) is -1.19. The van der Waals surface area contributed by atoms with Crippen molar-refractivity contribution in [2.24, 2.45) is 0 Å². The Bertz CT molecular complexity index is 680. The number of carbonyl (C=O) groups excluding carboxylic acids is 1. The van der Waals surface area contributed by atoms with Crippen LogP contribution in [0.2, 0.25) is 0 Å². The number of aryl methyl sites for hydroxylation is 1. The molecule has 2 aromatic carbocycles. The van der Waals surface area contributed by atoms with Gasteiger partial charge in [-0.3, -0.25) is 4.79 Å². The average molecular weight is 297 g/mol. The standard InChI is InChI=1S/C15H11F4NO/c1-9-4-2-5-10(8-9)20-14(21)13-11(15(17,18)19)6-3-7-12(13)16/h2-8H,1H3,(H,20,21). The zero-order chi connectivity index (χ0) is 15.6. The van der Waals surface area contributed by atoms with Gasteiger partial charge in [0.05, 0.1) is 11.1 Å². The number of alkyl halides is 3. The van der Waals surface area contributed by atoms with Gasteiger partial charge in [-0.2, -0.15) is 13.2 Å². The smallest absolute Gasteiger partial charge is 0.322 e. The molecule has 21 heavy (non-hydrogen) atoms. The van der Waals surface area contributed by atoms with Crippen molar-refractivity contribution in [1.82, 2.24) is 0 Å². The van der Waals surface area contributed by atoms with E-state index in [1.54, 1.807) is 25.1 Å². The Hall–Kier alpha value is -2.37. The molecule has 0 aliphatic rings. The Kier molecular flexibility index (Phi) is 3.97. The molecule has 0 radical (unpaired) electrons. The third-order valence-corrected chi connectivity index (χ3v) is 2.82. The van der Waals surface area contributed by atoms with Gasteiger partial charge in [0.1, 0.15) is 5.82 Å². The summed E-state index contributed by atoms with van der Waals surface area (Å²) in [5, 5.41) is 2.27. The monoisotopic (exact) mass is 297 g/mol. The van der Waals surface area contributed by atoms with Gasteiger partial charge in [0, 0.05) is 5.69 Å². The normalized spacial score (nSPS) is 11.3. The highest BCUT2D eigenvalue weighted by molar-refractivity contribution is 6.05. The second-order valence-electron chi connectivity index (χ2n) is 4.48. The molecule has 2 rings (SSSR count). The molecule has 0 bridgehead atoms. The van der Waals surface area contributed by atoms with Gasteiger partial charge in [-0.15, -0.1) is 0 Å². The van der Waals surface area contributed by atoms with Crippen molar-refractivity contribution in [3.63, 3.8) is 0 Å². The predicted octanol–water partition coefficient (Wildman–Crippen LogP) is 4.41. The summed E-state index contributed by atoms with van der Waals surface area (Å²) >= 11 is 0. The predicted molar refractivity (Wildman–Crippen MR) is 70.5 cm³/mol. The third-order valence-electron chi connectivity index (χ3n) is 2.82. The molecule has 1 N–H and O–H groups in total. The maximum Gasteiger partial charge on any atom is 0.417 e. The number of hydrogen-bond donors (Lipinski definition) is 1. The van der Waals surface area contributed by atoms with Gasteiger partial charge in [0.2, 0.25) is 0 Å². The summed E-state index contributed by atoms with van der Waals surface area (Å²) < 4.78 is 52.2. The van der Waals surface area contributed by atoms with Crippen LogP contribution in [0.15, 0.2) is 42.5 Å². The van der Waals surface area contributed by atoms with E-state index in [4.69, 9.17) is 0 Å². The average Bonchev–Trinajstić information content (AvgIpc) is 2.37. The number of nitrogens with one attached hydrogen (secondary N) is 1. The minimum Gasteiger partial charge on any atom is -0.322 e. The van der Waals surface area contributed by atoms with Crippen LogP contribution in [0.4, 0.5) is 23.2 Å². The Morgan fingerprint density at radius 1 is 1.10 bits per heavy atom. The van der Waals surface area contributed by atoms with Crippen LogP contribution >= 0.6 is 0 Å². The van der Waals surface area contributed by atoms with Gasteiger partial charge < -0.3 is 5.32 Å². The summed E-state index contributed by atoms with van der Waals surface area (Å²) in [7, 11) is 0. The highest BCUT2D eigenvalue weighted by Gasteiger charge is 2.36. The number of hydrogen-bond acceptors (Lipinski definition) is 1. The first-order valence-electron chi connectivity index (χ1n) is 6.03. The molecule has 1 amide bonds. The summed E-state index contributed by atoms with van der Waals surface area (Å²) in [5.74, 6) is -2.35. The molecule has 0 aliphatic carbocycles. The molecular formula is C15H11F4NO. The maximum absolute atomic E-state index is 13.7. The first-order valence-corrected chi connectivity index (χ1v) is 6.03. The van der Waals surface area contributed by atoms with Crippen LogP contribution in [0.1, 0.15) is 21.5 Å². The SMILES string of the molecule is Cc1cccc(NC(=O)c2c(F)cccc2C(F)(F)F)c1. The molecule has 6 heteroatoms. The molecule has 2 nitrogen and oxygen atoms in total. The quantitative estimate of drug-likeness (QED) is 0.818. The van der Waals surface area contributed by atoms with E-state index in [9.17, 15) is 22.4 Å². The van der Waals surface area contributed by atoms with Crippen LogP contribution in [-0.4, -0.2) is 5.91 Å². The van der Waals surface area contributed by atoms with Crippen molar-refractivity contribution in [3.8, 4) is 0 Å². The van der Waals surface area contributed by atoms with Gasteiger partial charge in [0.25, 0.3) is 5.91 Å². The van der Waals surface area contributed by atoms with Crippen LogP contribution < -0.4 is 5.32 Å². The topological polar surface area (TPSA) is 29.1 Å². The van der Waals surface area contributed by atoms with E-state index >= 15 is 0 Å². The Morgan fingerprint density at radius 3 is 2.38 bits per heavy atom. The van der Waals surface area contributed by atoms with E-state index in [0.29, 0.717) is 11.8 Å². The molecule has 0 saturated heterocycles. The first-order chi connectivity index (χ1) is 9.79. The van der Waals surface area contributed by atoms with Crippen LogP contribution in [0, 0.1) is 12.7 Å².